The molecule has 25 heavy (non-hydrogen) atoms. The van der Waals surface area contributed by atoms with Crippen molar-refractivity contribution in [3.05, 3.63) is 51.9 Å². The summed E-state index contributed by atoms with van der Waals surface area (Å²) in [4.78, 5) is 21.1. The molecular formula is C16H16F2N6O. The maximum atomic E-state index is 13.6. The first-order valence-corrected chi connectivity index (χ1v) is 7.88. The van der Waals surface area contributed by atoms with Crippen LogP contribution in [0.25, 0.3) is 11.0 Å². The zero-order valence-electron chi connectivity index (χ0n) is 13.4. The van der Waals surface area contributed by atoms with E-state index in [0.29, 0.717) is 22.5 Å². The lowest BCUT2D eigenvalue weighted by Gasteiger charge is -2.26. The largest absolute Gasteiger partial charge is 0.351 e. The minimum Gasteiger partial charge on any atom is -0.351 e. The second-order valence-electron chi connectivity index (χ2n) is 6.19. The van der Waals surface area contributed by atoms with Crippen LogP contribution in [0, 0.1) is 11.6 Å². The smallest absolute Gasteiger partial charge is 0.263 e. The Balaban J connectivity index is 1.65. The van der Waals surface area contributed by atoms with E-state index in [1.807, 2.05) is 7.05 Å². The number of likely N-dealkylation sites (tertiary alicyclic amines) is 1. The molecule has 0 unspecified atom stereocenters. The van der Waals surface area contributed by atoms with Crippen molar-refractivity contribution < 1.29 is 8.78 Å². The number of nitrogens with zero attached hydrogens (tertiary/aromatic N) is 3. The van der Waals surface area contributed by atoms with Gasteiger partial charge in [-0.3, -0.25) is 19.8 Å². The third-order valence-electron chi connectivity index (χ3n) is 4.58. The Morgan fingerprint density at radius 3 is 2.96 bits per heavy atom. The monoisotopic (exact) mass is 346 g/mol. The summed E-state index contributed by atoms with van der Waals surface area (Å²) in [5, 5.41) is 10.1. The van der Waals surface area contributed by atoms with Gasteiger partial charge in [0.2, 0.25) is 5.95 Å². The van der Waals surface area contributed by atoms with Crippen molar-refractivity contribution in [3.8, 4) is 0 Å². The second-order valence-corrected chi connectivity index (χ2v) is 6.19. The first-order valence-electron chi connectivity index (χ1n) is 7.88. The molecule has 0 spiro atoms. The highest BCUT2D eigenvalue weighted by atomic mass is 19.2. The number of hydrogen-bond acceptors (Lipinski definition) is 5. The molecule has 0 radical (unpaired) electrons. The van der Waals surface area contributed by atoms with Crippen LogP contribution in [0.15, 0.2) is 29.2 Å². The quantitative estimate of drug-likeness (QED) is 0.673. The number of benzene rings is 1. The SMILES string of the molecule is CN1CC[C@H](Nc2nc3[nH]ncc3c(=O)[nH]2)[C@H]1c1ccc(F)c(F)c1. The van der Waals surface area contributed by atoms with E-state index in [4.69, 9.17) is 0 Å². The summed E-state index contributed by atoms with van der Waals surface area (Å²) in [6, 6.07) is 3.64. The molecular weight excluding hydrogens is 330 g/mol. The molecule has 1 saturated heterocycles. The van der Waals surface area contributed by atoms with Gasteiger partial charge in [0.25, 0.3) is 5.56 Å². The van der Waals surface area contributed by atoms with Crippen molar-refractivity contribution in [1.82, 2.24) is 25.1 Å². The van der Waals surface area contributed by atoms with E-state index in [2.05, 4.69) is 30.4 Å². The van der Waals surface area contributed by atoms with E-state index in [-0.39, 0.29) is 17.6 Å². The third-order valence-corrected chi connectivity index (χ3v) is 4.58. The van der Waals surface area contributed by atoms with Crippen LogP contribution in [0.3, 0.4) is 0 Å². The fourth-order valence-corrected chi connectivity index (χ4v) is 3.37. The Kier molecular flexibility index (Phi) is 3.72. The average molecular weight is 346 g/mol. The van der Waals surface area contributed by atoms with Gasteiger partial charge < -0.3 is 5.32 Å². The van der Waals surface area contributed by atoms with Crippen molar-refractivity contribution in [2.75, 3.05) is 18.9 Å². The number of nitrogens with one attached hydrogen (secondary N) is 3. The van der Waals surface area contributed by atoms with E-state index in [9.17, 15) is 13.6 Å². The molecule has 7 nitrogen and oxygen atoms in total. The highest BCUT2D eigenvalue weighted by Crippen LogP contribution is 2.33. The Hall–Kier alpha value is -2.81. The van der Waals surface area contributed by atoms with Crippen LogP contribution >= 0.6 is 0 Å². The molecule has 3 heterocycles. The molecule has 1 aliphatic rings. The van der Waals surface area contributed by atoms with E-state index < -0.39 is 11.6 Å². The van der Waals surface area contributed by atoms with E-state index in [1.165, 1.54) is 12.3 Å². The molecule has 9 heteroatoms. The molecule has 1 aliphatic heterocycles. The summed E-state index contributed by atoms with van der Waals surface area (Å²) >= 11 is 0. The molecule has 4 rings (SSSR count). The predicted octanol–water partition coefficient (Wildman–Crippen LogP) is 1.78. The summed E-state index contributed by atoms with van der Waals surface area (Å²) < 4.78 is 26.8. The topological polar surface area (TPSA) is 89.7 Å². The molecule has 2 aromatic heterocycles. The zero-order valence-corrected chi connectivity index (χ0v) is 13.4. The van der Waals surface area contributed by atoms with Crippen LogP contribution in [0.5, 0.6) is 0 Å². The molecule has 3 N–H and O–H groups in total. The second kappa shape index (κ2) is 5.92. The van der Waals surface area contributed by atoms with Crippen LogP contribution < -0.4 is 10.9 Å². The van der Waals surface area contributed by atoms with Gasteiger partial charge in [-0.05, 0) is 31.2 Å². The van der Waals surface area contributed by atoms with Crippen molar-refractivity contribution >= 4 is 17.0 Å². The van der Waals surface area contributed by atoms with Gasteiger partial charge in [-0.2, -0.15) is 10.1 Å². The predicted molar refractivity (Wildman–Crippen MR) is 88.3 cm³/mol. The number of likely N-dealkylation sites (N-methyl/N-ethyl adjacent to an activating group) is 1. The van der Waals surface area contributed by atoms with Gasteiger partial charge in [0.15, 0.2) is 17.3 Å². The average Bonchev–Trinajstić information content (AvgIpc) is 3.18. The van der Waals surface area contributed by atoms with Gasteiger partial charge in [-0.1, -0.05) is 6.07 Å². The van der Waals surface area contributed by atoms with Crippen LogP contribution in [0.1, 0.15) is 18.0 Å². The van der Waals surface area contributed by atoms with Gasteiger partial charge in [0.05, 0.1) is 12.2 Å². The summed E-state index contributed by atoms with van der Waals surface area (Å²) in [7, 11) is 1.92. The molecule has 1 fully saturated rings. The molecule has 0 amide bonds. The lowest BCUT2D eigenvalue weighted by atomic mass is 10.00. The van der Waals surface area contributed by atoms with Gasteiger partial charge in [-0.15, -0.1) is 0 Å². The zero-order chi connectivity index (χ0) is 17.6. The number of aromatic nitrogens is 4. The van der Waals surface area contributed by atoms with Crippen molar-refractivity contribution in [1.29, 1.82) is 0 Å². The third kappa shape index (κ3) is 2.76. The number of aromatic amines is 2. The number of halogens is 2. The van der Waals surface area contributed by atoms with Crippen LogP contribution in [0.4, 0.5) is 14.7 Å². The Morgan fingerprint density at radius 1 is 1.32 bits per heavy atom. The number of hydrogen-bond donors (Lipinski definition) is 3. The summed E-state index contributed by atoms with van der Waals surface area (Å²) in [5.41, 5.74) is 0.764. The van der Waals surface area contributed by atoms with Gasteiger partial charge in [-0.25, -0.2) is 8.78 Å². The van der Waals surface area contributed by atoms with Crippen LogP contribution in [-0.4, -0.2) is 44.7 Å². The lowest BCUT2D eigenvalue weighted by Crippen LogP contribution is -2.30. The minimum absolute atomic E-state index is 0.113. The van der Waals surface area contributed by atoms with Gasteiger partial charge in [0.1, 0.15) is 5.39 Å². The summed E-state index contributed by atoms with van der Waals surface area (Å²) in [5.74, 6) is -1.43. The summed E-state index contributed by atoms with van der Waals surface area (Å²) in [6.07, 6.45) is 2.18. The van der Waals surface area contributed by atoms with Gasteiger partial charge in [0, 0.05) is 12.6 Å². The standard InChI is InChI=1S/C16H16F2N6O/c1-24-5-4-12(13(24)8-2-3-10(17)11(18)6-8)20-16-21-14-9(7-19-23-14)15(25)22-16/h2-3,6-7,12-13H,4-5H2,1H3,(H3,19,20,21,22,23,25)/t12-,13+/m0/s1. The first-order chi connectivity index (χ1) is 12.0. The highest BCUT2D eigenvalue weighted by Gasteiger charge is 2.34. The number of rotatable bonds is 3. The molecule has 130 valence electrons. The molecule has 0 bridgehead atoms. The van der Waals surface area contributed by atoms with E-state index >= 15 is 0 Å². The molecule has 2 atom stereocenters. The minimum atomic E-state index is -0.873. The normalized spacial score (nSPS) is 21.1. The number of anilines is 1. The Bertz CT molecular complexity index is 984. The molecule has 0 aliphatic carbocycles. The van der Waals surface area contributed by atoms with Crippen LogP contribution in [-0.2, 0) is 0 Å². The van der Waals surface area contributed by atoms with Crippen LogP contribution in [0.2, 0.25) is 0 Å². The molecule has 3 aromatic rings. The lowest BCUT2D eigenvalue weighted by molar-refractivity contribution is 0.307. The number of fused-ring (bicyclic) bond motifs is 1. The Morgan fingerprint density at radius 2 is 2.16 bits per heavy atom. The molecule has 1 aromatic carbocycles. The highest BCUT2D eigenvalue weighted by molar-refractivity contribution is 5.73. The maximum Gasteiger partial charge on any atom is 0.263 e. The number of H-pyrrole nitrogens is 2. The van der Waals surface area contributed by atoms with E-state index in [0.717, 1.165) is 19.0 Å². The van der Waals surface area contributed by atoms with Crippen molar-refractivity contribution in [2.24, 2.45) is 0 Å². The Labute approximate surface area is 141 Å². The summed E-state index contributed by atoms with van der Waals surface area (Å²) in [6.45, 7) is 0.776. The van der Waals surface area contributed by atoms with Crippen molar-refractivity contribution in [2.45, 2.75) is 18.5 Å². The maximum absolute atomic E-state index is 13.6. The molecule has 0 saturated carbocycles. The van der Waals surface area contributed by atoms with Gasteiger partial charge >= 0.3 is 0 Å². The van der Waals surface area contributed by atoms with E-state index in [1.54, 1.807) is 6.07 Å². The fraction of sp³-hybridized carbons (Fsp3) is 0.312. The fourth-order valence-electron chi connectivity index (χ4n) is 3.37. The first kappa shape index (κ1) is 15.7. The van der Waals surface area contributed by atoms with Crippen molar-refractivity contribution in [3.63, 3.8) is 0 Å².